The highest BCUT2D eigenvalue weighted by atomic mass is 16.5. The van der Waals surface area contributed by atoms with E-state index in [9.17, 15) is 9.90 Å². The molecule has 0 radical (unpaired) electrons. The Kier molecular flexibility index (Phi) is 9.30. The molecule has 0 aliphatic heterocycles. The molecule has 0 saturated heterocycles. The average molecular weight is 467 g/mol. The number of H-pyrrole nitrogens is 1. The van der Waals surface area contributed by atoms with Crippen LogP contribution in [-0.2, 0) is 6.54 Å². The average Bonchev–Trinajstić information content (AvgIpc) is 3.40. The van der Waals surface area contributed by atoms with Gasteiger partial charge in [0.25, 0.3) is 0 Å². The molecule has 0 spiro atoms. The zero-order valence-corrected chi connectivity index (χ0v) is 19.8. The maximum Gasteiger partial charge on any atom is 0.322 e. The second-order valence-electron chi connectivity index (χ2n) is 8.06. The zero-order valence-electron chi connectivity index (χ0n) is 19.8. The number of aliphatic hydroxyl groups is 1. The number of carbonyl (C=O) groups is 1. The summed E-state index contributed by atoms with van der Waals surface area (Å²) in [6.45, 7) is 2.17. The number of benzene rings is 2. The number of hydrogen-bond acceptors (Lipinski definition) is 6. The van der Waals surface area contributed by atoms with Gasteiger partial charge < -0.3 is 30.7 Å². The van der Waals surface area contributed by atoms with E-state index in [2.05, 4.69) is 20.4 Å². The smallest absolute Gasteiger partial charge is 0.322 e. The number of aromatic amines is 1. The Hall–Kier alpha value is -3.56. The van der Waals surface area contributed by atoms with Crippen molar-refractivity contribution in [3.8, 4) is 16.9 Å². The molecule has 3 aromatic rings. The number of amides is 2. The van der Waals surface area contributed by atoms with Crippen molar-refractivity contribution in [2.75, 3.05) is 50.6 Å². The maximum absolute atomic E-state index is 13.3. The van der Waals surface area contributed by atoms with Crippen LogP contribution in [0.15, 0.2) is 54.9 Å². The summed E-state index contributed by atoms with van der Waals surface area (Å²) in [5.41, 5.74) is 10.2. The van der Waals surface area contributed by atoms with Crippen LogP contribution in [-0.4, -0.2) is 66.6 Å². The summed E-state index contributed by atoms with van der Waals surface area (Å²) in [6, 6.07) is 13.3. The fourth-order valence-corrected chi connectivity index (χ4v) is 3.69. The summed E-state index contributed by atoms with van der Waals surface area (Å²) in [7, 11) is 3.60. The van der Waals surface area contributed by atoms with E-state index in [1.165, 1.54) is 0 Å². The summed E-state index contributed by atoms with van der Waals surface area (Å²) in [5, 5.41) is 19.3. The monoisotopic (exact) mass is 466 g/mol. The number of carbonyl (C=O) groups excluding carboxylic acids is 1. The summed E-state index contributed by atoms with van der Waals surface area (Å²) in [4.78, 5) is 17.1. The van der Waals surface area contributed by atoms with Gasteiger partial charge in [-0.25, -0.2) is 4.79 Å². The lowest BCUT2D eigenvalue weighted by Crippen LogP contribution is -2.36. The first-order valence-corrected chi connectivity index (χ1v) is 11.4. The number of ether oxygens (including phenoxy) is 1. The number of nitrogens with one attached hydrogen (secondary N) is 2. The summed E-state index contributed by atoms with van der Waals surface area (Å²) < 4.78 is 5.31. The summed E-state index contributed by atoms with van der Waals surface area (Å²) in [5.74, 6) is 0.735. The van der Waals surface area contributed by atoms with E-state index in [4.69, 9.17) is 10.5 Å². The number of anilines is 2. The lowest BCUT2D eigenvalue weighted by molar-refractivity contribution is 0.199. The van der Waals surface area contributed by atoms with E-state index in [0.717, 1.165) is 41.1 Å². The van der Waals surface area contributed by atoms with Gasteiger partial charge in [0.15, 0.2) is 0 Å². The van der Waals surface area contributed by atoms with Crippen LogP contribution in [0.2, 0.25) is 0 Å². The number of aliphatic hydroxyl groups excluding tert-OH is 1. The normalized spacial score (nSPS) is 10.7. The van der Waals surface area contributed by atoms with Crippen LogP contribution in [0.4, 0.5) is 16.2 Å². The molecule has 0 unspecified atom stereocenters. The molecule has 34 heavy (non-hydrogen) atoms. The Morgan fingerprint density at radius 1 is 1.18 bits per heavy atom. The molecule has 9 heteroatoms. The molecule has 0 aliphatic rings. The predicted molar refractivity (Wildman–Crippen MR) is 135 cm³/mol. The lowest BCUT2D eigenvalue weighted by atomic mass is 10.1. The molecule has 5 N–H and O–H groups in total. The van der Waals surface area contributed by atoms with Gasteiger partial charge in [0.05, 0.1) is 24.7 Å². The molecule has 3 rings (SSSR count). The molecule has 182 valence electrons. The van der Waals surface area contributed by atoms with Crippen molar-refractivity contribution in [1.82, 2.24) is 15.1 Å². The number of aromatic nitrogens is 2. The minimum absolute atomic E-state index is 0.00830. The van der Waals surface area contributed by atoms with E-state index < -0.39 is 0 Å². The highest BCUT2D eigenvalue weighted by Gasteiger charge is 2.18. The molecule has 1 heterocycles. The van der Waals surface area contributed by atoms with E-state index in [0.29, 0.717) is 31.7 Å². The molecule has 9 nitrogen and oxygen atoms in total. The third-order valence-electron chi connectivity index (χ3n) is 5.56. The molecule has 1 aromatic heterocycles. The van der Waals surface area contributed by atoms with Crippen molar-refractivity contribution in [3.05, 3.63) is 60.4 Å². The van der Waals surface area contributed by atoms with Crippen LogP contribution in [0.25, 0.3) is 11.1 Å². The van der Waals surface area contributed by atoms with Crippen molar-refractivity contribution in [2.45, 2.75) is 19.4 Å². The fraction of sp³-hybridized carbons (Fsp3) is 0.360. The first-order chi connectivity index (χ1) is 16.5. The van der Waals surface area contributed by atoms with Crippen molar-refractivity contribution in [2.24, 2.45) is 5.73 Å². The molecule has 2 aromatic carbocycles. The summed E-state index contributed by atoms with van der Waals surface area (Å²) >= 11 is 0. The van der Waals surface area contributed by atoms with Crippen molar-refractivity contribution >= 4 is 17.4 Å². The van der Waals surface area contributed by atoms with E-state index >= 15 is 0 Å². The molecule has 0 bridgehead atoms. The Bertz CT molecular complexity index is 1040. The van der Waals surface area contributed by atoms with Gasteiger partial charge in [0, 0.05) is 45.0 Å². The van der Waals surface area contributed by atoms with Crippen molar-refractivity contribution in [3.63, 3.8) is 0 Å². The molecule has 2 amide bonds. The topological polar surface area (TPSA) is 120 Å². The van der Waals surface area contributed by atoms with Crippen molar-refractivity contribution in [1.29, 1.82) is 0 Å². The minimum atomic E-state index is -0.235. The number of nitrogens with zero attached hydrogens (tertiary/aromatic N) is 3. The van der Waals surface area contributed by atoms with Gasteiger partial charge in [-0.2, -0.15) is 5.10 Å². The van der Waals surface area contributed by atoms with Crippen LogP contribution in [0.3, 0.4) is 0 Å². The Morgan fingerprint density at radius 2 is 2.03 bits per heavy atom. The molecule has 0 aliphatic carbocycles. The third kappa shape index (κ3) is 6.72. The van der Waals surface area contributed by atoms with Crippen molar-refractivity contribution < 1.29 is 14.6 Å². The molecular weight excluding hydrogens is 432 g/mol. The van der Waals surface area contributed by atoms with E-state index in [-0.39, 0.29) is 12.6 Å². The van der Waals surface area contributed by atoms with Gasteiger partial charge in [0.1, 0.15) is 5.75 Å². The third-order valence-corrected chi connectivity index (χ3v) is 5.56. The van der Waals surface area contributed by atoms with Crippen LogP contribution >= 0.6 is 0 Å². The fourth-order valence-electron chi connectivity index (χ4n) is 3.69. The van der Waals surface area contributed by atoms with Gasteiger partial charge in [-0.05, 0) is 54.8 Å². The molecular formula is C25H34N6O3. The number of hydrogen-bond donors (Lipinski definition) is 4. The summed E-state index contributed by atoms with van der Waals surface area (Å²) in [6.07, 6.45) is 4.92. The number of urea groups is 1. The van der Waals surface area contributed by atoms with Crippen LogP contribution in [0, 0.1) is 0 Å². The van der Waals surface area contributed by atoms with Crippen LogP contribution in [0.1, 0.15) is 18.4 Å². The quantitative estimate of drug-likeness (QED) is 0.325. The minimum Gasteiger partial charge on any atom is -0.497 e. The highest BCUT2D eigenvalue weighted by molar-refractivity contribution is 5.94. The second kappa shape index (κ2) is 12.6. The number of rotatable bonds is 12. The zero-order chi connectivity index (χ0) is 24.3. The number of nitrogens with two attached hydrogens (primary N) is 1. The maximum atomic E-state index is 13.3. The van der Waals surface area contributed by atoms with E-state index in [1.54, 1.807) is 18.2 Å². The first kappa shape index (κ1) is 25.1. The van der Waals surface area contributed by atoms with Gasteiger partial charge in [-0.1, -0.05) is 18.2 Å². The molecule has 0 fully saturated rings. The first-order valence-electron chi connectivity index (χ1n) is 11.4. The SMILES string of the molecule is COc1cccc(CN(CCCO)C(=O)Nc2ccc(-c3cn[nH]c3)cc2N(C)CCCN)c1. The highest BCUT2D eigenvalue weighted by Crippen LogP contribution is 2.31. The van der Waals surface area contributed by atoms with Gasteiger partial charge in [0.2, 0.25) is 0 Å². The Morgan fingerprint density at radius 3 is 2.74 bits per heavy atom. The van der Waals surface area contributed by atoms with Gasteiger partial charge >= 0.3 is 6.03 Å². The molecule has 0 atom stereocenters. The second-order valence-corrected chi connectivity index (χ2v) is 8.06. The van der Waals surface area contributed by atoms with Gasteiger partial charge in [-0.15, -0.1) is 0 Å². The van der Waals surface area contributed by atoms with Gasteiger partial charge in [-0.3, -0.25) is 5.10 Å². The molecule has 0 saturated carbocycles. The standard InChI is InChI=1S/C25H34N6O3/c1-30(11-4-10-26)24-15-20(21-16-27-28-17-21)8-9-23(24)29-25(33)31(12-5-13-32)18-19-6-3-7-22(14-19)34-2/h3,6-9,14-17,32H,4-5,10-13,18,26H2,1-2H3,(H,27,28)(H,29,33). The Balaban J connectivity index is 1.85. The van der Waals surface area contributed by atoms with E-state index in [1.807, 2.05) is 55.7 Å². The van der Waals surface area contributed by atoms with Crippen LogP contribution < -0.4 is 20.7 Å². The largest absolute Gasteiger partial charge is 0.497 e. The van der Waals surface area contributed by atoms with Crippen LogP contribution in [0.5, 0.6) is 5.75 Å². The Labute approximate surface area is 200 Å². The predicted octanol–water partition coefficient (Wildman–Crippen LogP) is 3.29. The lowest BCUT2D eigenvalue weighted by Gasteiger charge is -2.27. The number of methoxy groups -OCH3 is 1.